The molecule has 0 radical (unpaired) electrons. The highest BCUT2D eigenvalue weighted by atomic mass is 32.1. The summed E-state index contributed by atoms with van der Waals surface area (Å²) in [5.41, 5.74) is 8.17. The van der Waals surface area contributed by atoms with Gasteiger partial charge in [-0.3, -0.25) is 25.5 Å². The number of rotatable bonds is 4. The van der Waals surface area contributed by atoms with Crippen LogP contribution in [0.25, 0.3) is 21.5 Å². The molecule has 0 saturated carbocycles. The van der Waals surface area contributed by atoms with Gasteiger partial charge in [-0.25, -0.2) is 4.98 Å². The first kappa shape index (κ1) is 17.9. The molecule has 2 heterocycles. The highest BCUT2D eigenvalue weighted by Crippen LogP contribution is 2.24. The van der Waals surface area contributed by atoms with Gasteiger partial charge in [0.15, 0.2) is 5.69 Å². The number of hydrazine groups is 1. The normalized spacial score (nSPS) is 10.8. The van der Waals surface area contributed by atoms with Crippen LogP contribution in [0.5, 0.6) is 0 Å². The fourth-order valence-electron chi connectivity index (χ4n) is 2.77. The van der Waals surface area contributed by atoms with E-state index in [2.05, 4.69) is 33.0 Å². The van der Waals surface area contributed by atoms with E-state index in [9.17, 15) is 9.59 Å². The number of nitrogens with zero attached hydrogens (tertiary/aromatic N) is 2. The molecule has 4 aromatic rings. The molecular weight excluding hydrogens is 374 g/mol. The summed E-state index contributed by atoms with van der Waals surface area (Å²) in [6.45, 7) is 2.10. The highest BCUT2D eigenvalue weighted by molar-refractivity contribution is 7.13. The second kappa shape index (κ2) is 7.61. The van der Waals surface area contributed by atoms with Crippen molar-refractivity contribution in [3.63, 3.8) is 0 Å². The number of fused-ring (bicyclic) bond motifs is 1. The zero-order valence-corrected chi connectivity index (χ0v) is 15.8. The average Bonchev–Trinajstić information content (AvgIpc) is 3.39. The Morgan fingerprint density at radius 2 is 1.79 bits per heavy atom. The first-order valence-electron chi connectivity index (χ1n) is 8.74. The van der Waals surface area contributed by atoms with Crippen molar-refractivity contribution in [1.82, 2.24) is 26.0 Å². The Balaban J connectivity index is 1.42. The monoisotopic (exact) mass is 391 g/mol. The van der Waals surface area contributed by atoms with Crippen LogP contribution in [0.2, 0.25) is 0 Å². The average molecular weight is 391 g/mol. The number of nitrogens with one attached hydrogen (secondary N) is 3. The van der Waals surface area contributed by atoms with Crippen molar-refractivity contribution < 1.29 is 9.59 Å². The van der Waals surface area contributed by atoms with Gasteiger partial charge in [-0.05, 0) is 18.1 Å². The van der Waals surface area contributed by atoms with Gasteiger partial charge in [-0.2, -0.15) is 5.10 Å². The van der Waals surface area contributed by atoms with Gasteiger partial charge in [0.1, 0.15) is 10.7 Å². The van der Waals surface area contributed by atoms with Crippen molar-refractivity contribution in [2.75, 3.05) is 0 Å². The lowest BCUT2D eigenvalue weighted by Gasteiger charge is -2.04. The number of aryl methyl sites for hydroxylation is 1. The summed E-state index contributed by atoms with van der Waals surface area (Å²) in [5, 5.41) is 9.88. The second-order valence-corrected chi connectivity index (χ2v) is 6.97. The van der Waals surface area contributed by atoms with Crippen molar-refractivity contribution in [1.29, 1.82) is 0 Å². The standard InChI is InChI=1S/C20H17N5O2S/c1-2-12-7-9-13(10-8-12)20-21-16(11-28-20)18(26)24-25-19(27)17-14-5-3-4-6-15(14)22-23-17/h3-11H,2H2,1H3,(H,22,23)(H,24,26)(H,25,27). The van der Waals surface area contributed by atoms with Gasteiger partial charge in [0, 0.05) is 16.3 Å². The van der Waals surface area contributed by atoms with Crippen molar-refractivity contribution in [3.8, 4) is 10.6 Å². The highest BCUT2D eigenvalue weighted by Gasteiger charge is 2.16. The number of amides is 2. The van der Waals surface area contributed by atoms with Crippen LogP contribution in [-0.2, 0) is 6.42 Å². The Hall–Kier alpha value is -3.52. The van der Waals surface area contributed by atoms with E-state index in [1.54, 1.807) is 11.4 Å². The maximum atomic E-state index is 12.3. The van der Waals surface area contributed by atoms with E-state index >= 15 is 0 Å². The predicted octanol–water partition coefficient (Wildman–Crippen LogP) is 3.32. The van der Waals surface area contributed by atoms with E-state index in [-0.39, 0.29) is 11.4 Å². The number of H-pyrrole nitrogens is 1. The molecule has 140 valence electrons. The Labute approximate surface area is 164 Å². The fraction of sp³-hybridized carbons (Fsp3) is 0.100. The molecule has 0 fully saturated rings. The number of carbonyl (C=O) groups is 2. The van der Waals surface area contributed by atoms with E-state index in [4.69, 9.17) is 0 Å². The van der Waals surface area contributed by atoms with Gasteiger partial charge in [0.25, 0.3) is 11.8 Å². The lowest BCUT2D eigenvalue weighted by molar-refractivity contribution is 0.0842. The van der Waals surface area contributed by atoms with E-state index < -0.39 is 11.8 Å². The van der Waals surface area contributed by atoms with Crippen LogP contribution in [-0.4, -0.2) is 27.0 Å². The molecule has 0 bridgehead atoms. The molecular formula is C20H17N5O2S. The molecule has 4 rings (SSSR count). The van der Waals surface area contributed by atoms with Gasteiger partial charge in [0.2, 0.25) is 0 Å². The van der Waals surface area contributed by atoms with Crippen LogP contribution in [0.4, 0.5) is 0 Å². The summed E-state index contributed by atoms with van der Waals surface area (Å²) >= 11 is 1.38. The minimum atomic E-state index is -0.503. The molecule has 0 aliphatic rings. The third-order valence-corrected chi connectivity index (χ3v) is 5.21. The van der Waals surface area contributed by atoms with Crippen molar-refractivity contribution in [2.45, 2.75) is 13.3 Å². The molecule has 2 aromatic heterocycles. The van der Waals surface area contributed by atoms with Crippen LogP contribution in [0.3, 0.4) is 0 Å². The third-order valence-electron chi connectivity index (χ3n) is 4.32. The quantitative estimate of drug-likeness (QED) is 0.465. The largest absolute Gasteiger partial charge is 0.290 e. The van der Waals surface area contributed by atoms with Crippen LogP contribution in [0, 0.1) is 0 Å². The summed E-state index contributed by atoms with van der Waals surface area (Å²) in [5.74, 6) is -0.989. The third kappa shape index (κ3) is 3.49. The van der Waals surface area contributed by atoms with Crippen molar-refractivity contribution >= 4 is 34.1 Å². The Morgan fingerprint density at radius 3 is 2.57 bits per heavy atom. The number of hydrogen-bond acceptors (Lipinski definition) is 5. The van der Waals surface area contributed by atoms with Gasteiger partial charge < -0.3 is 0 Å². The molecule has 2 aromatic carbocycles. The SMILES string of the molecule is CCc1ccc(-c2nc(C(=O)NNC(=O)c3n[nH]c4ccccc34)cs2)cc1. The number of aromatic nitrogens is 3. The van der Waals surface area contributed by atoms with Crippen LogP contribution < -0.4 is 10.9 Å². The summed E-state index contributed by atoms with van der Waals surface area (Å²) in [6, 6.07) is 15.3. The van der Waals surface area contributed by atoms with Gasteiger partial charge in [-0.15, -0.1) is 11.3 Å². The van der Waals surface area contributed by atoms with Crippen molar-refractivity contribution in [3.05, 3.63) is 70.9 Å². The van der Waals surface area contributed by atoms with Crippen LogP contribution in [0.1, 0.15) is 33.5 Å². The van der Waals surface area contributed by atoms with Gasteiger partial charge >= 0.3 is 0 Å². The zero-order valence-electron chi connectivity index (χ0n) is 15.0. The van der Waals surface area contributed by atoms with E-state index in [1.165, 1.54) is 16.9 Å². The Kier molecular flexibility index (Phi) is 4.86. The smallest absolute Gasteiger partial charge is 0.277 e. The fourth-order valence-corrected chi connectivity index (χ4v) is 3.57. The summed E-state index contributed by atoms with van der Waals surface area (Å²) in [6.07, 6.45) is 0.969. The predicted molar refractivity (Wildman–Crippen MR) is 108 cm³/mol. The van der Waals surface area contributed by atoms with Crippen molar-refractivity contribution in [2.24, 2.45) is 0 Å². The first-order chi connectivity index (χ1) is 13.7. The molecule has 28 heavy (non-hydrogen) atoms. The Morgan fingerprint density at radius 1 is 1.04 bits per heavy atom. The van der Waals surface area contributed by atoms with Gasteiger partial charge in [0.05, 0.1) is 5.52 Å². The molecule has 0 unspecified atom stereocenters. The minimum Gasteiger partial charge on any atom is -0.277 e. The van der Waals surface area contributed by atoms with E-state index in [0.29, 0.717) is 5.39 Å². The molecule has 3 N–H and O–H groups in total. The summed E-state index contributed by atoms with van der Waals surface area (Å²) in [7, 11) is 0. The summed E-state index contributed by atoms with van der Waals surface area (Å²) in [4.78, 5) is 29.0. The minimum absolute atomic E-state index is 0.214. The molecule has 0 saturated heterocycles. The number of thiazole rings is 1. The molecule has 0 atom stereocenters. The zero-order chi connectivity index (χ0) is 19.5. The van der Waals surface area contributed by atoms with E-state index in [1.807, 2.05) is 42.5 Å². The number of benzene rings is 2. The molecule has 0 aliphatic carbocycles. The molecule has 0 spiro atoms. The first-order valence-corrected chi connectivity index (χ1v) is 9.62. The van der Waals surface area contributed by atoms with Crippen LogP contribution >= 0.6 is 11.3 Å². The van der Waals surface area contributed by atoms with Gasteiger partial charge in [-0.1, -0.05) is 49.4 Å². The topological polar surface area (TPSA) is 99.8 Å². The molecule has 8 heteroatoms. The maximum absolute atomic E-state index is 12.3. The van der Waals surface area contributed by atoms with E-state index in [0.717, 1.165) is 22.5 Å². The summed E-state index contributed by atoms with van der Waals surface area (Å²) < 4.78 is 0. The number of para-hydroxylation sites is 1. The molecule has 2 amide bonds. The molecule has 7 nitrogen and oxygen atoms in total. The molecule has 0 aliphatic heterocycles. The number of aromatic amines is 1. The Bertz CT molecular complexity index is 1150. The lowest BCUT2D eigenvalue weighted by atomic mass is 10.1. The maximum Gasteiger partial charge on any atom is 0.290 e. The second-order valence-electron chi connectivity index (χ2n) is 6.11. The lowest BCUT2D eigenvalue weighted by Crippen LogP contribution is -2.42. The van der Waals surface area contributed by atoms with Crippen LogP contribution in [0.15, 0.2) is 53.9 Å². The number of carbonyl (C=O) groups excluding carboxylic acids is 2. The number of hydrogen-bond donors (Lipinski definition) is 3.